The number of ether oxygens (including phenoxy) is 2. The van der Waals surface area contributed by atoms with E-state index >= 15 is 0 Å². The summed E-state index contributed by atoms with van der Waals surface area (Å²) in [4.78, 5) is 15.3. The number of amidine groups is 1. The van der Waals surface area contributed by atoms with Crippen molar-refractivity contribution in [2.24, 2.45) is 4.99 Å². The van der Waals surface area contributed by atoms with Crippen molar-refractivity contribution in [1.82, 2.24) is 5.32 Å². The zero-order valence-electron chi connectivity index (χ0n) is 8.91. The van der Waals surface area contributed by atoms with Gasteiger partial charge in [0.2, 0.25) is 5.91 Å². The Bertz CT molecular complexity index is 277. The van der Waals surface area contributed by atoms with Crippen molar-refractivity contribution in [3.63, 3.8) is 0 Å². The van der Waals surface area contributed by atoms with Gasteiger partial charge in [-0.15, -0.1) is 0 Å². The van der Waals surface area contributed by atoms with Crippen LogP contribution in [-0.4, -0.2) is 43.7 Å². The van der Waals surface area contributed by atoms with Crippen LogP contribution in [0.1, 0.15) is 19.8 Å². The minimum Gasteiger partial charge on any atom is -0.381 e. The summed E-state index contributed by atoms with van der Waals surface area (Å²) in [6.07, 6.45) is 1.53. The number of nitrogens with one attached hydrogen (secondary N) is 1. The first-order valence-electron chi connectivity index (χ1n) is 5.33. The number of carbonyl (C=O) groups excluding carboxylic acids is 1. The minimum atomic E-state index is -0.417. The number of hydrogen-bond acceptors (Lipinski definition) is 4. The molecule has 0 aliphatic carbocycles. The van der Waals surface area contributed by atoms with Gasteiger partial charge in [0.25, 0.3) is 0 Å². The molecule has 0 saturated carbocycles. The van der Waals surface area contributed by atoms with Crippen molar-refractivity contribution >= 4 is 11.7 Å². The first-order chi connectivity index (χ1) is 7.27. The van der Waals surface area contributed by atoms with Crippen LogP contribution in [0.25, 0.3) is 0 Å². The molecule has 0 bridgehead atoms. The highest BCUT2D eigenvalue weighted by atomic mass is 16.5. The molecule has 0 atom stereocenters. The molecule has 84 valence electrons. The van der Waals surface area contributed by atoms with E-state index in [1.165, 1.54) is 0 Å². The van der Waals surface area contributed by atoms with Crippen molar-refractivity contribution < 1.29 is 14.3 Å². The molecule has 5 nitrogen and oxygen atoms in total. The SMILES string of the molecule is CCOC1(C2=NCC(=O)N2)CCOCC1. The number of rotatable bonds is 3. The van der Waals surface area contributed by atoms with Crippen LogP contribution in [0.4, 0.5) is 0 Å². The predicted octanol–water partition coefficient (Wildman–Crippen LogP) is 0.100. The van der Waals surface area contributed by atoms with E-state index in [1.54, 1.807) is 0 Å². The number of nitrogens with zero attached hydrogens (tertiary/aromatic N) is 1. The maximum absolute atomic E-state index is 11.1. The van der Waals surface area contributed by atoms with Gasteiger partial charge >= 0.3 is 0 Å². The monoisotopic (exact) mass is 212 g/mol. The topological polar surface area (TPSA) is 59.9 Å². The zero-order valence-corrected chi connectivity index (χ0v) is 8.91. The van der Waals surface area contributed by atoms with E-state index < -0.39 is 5.60 Å². The fourth-order valence-corrected chi connectivity index (χ4v) is 2.05. The van der Waals surface area contributed by atoms with Crippen LogP contribution in [0.2, 0.25) is 0 Å². The van der Waals surface area contributed by atoms with Gasteiger partial charge in [0.05, 0.1) is 0 Å². The standard InChI is InChI=1S/C10H16N2O3/c1-2-15-10(3-5-14-6-4-10)9-11-7-8(13)12-9/h2-7H2,1H3,(H,11,12,13). The van der Waals surface area contributed by atoms with Gasteiger partial charge in [-0.2, -0.15) is 0 Å². The summed E-state index contributed by atoms with van der Waals surface area (Å²) in [7, 11) is 0. The summed E-state index contributed by atoms with van der Waals surface area (Å²) >= 11 is 0. The van der Waals surface area contributed by atoms with Gasteiger partial charge in [-0.05, 0) is 6.92 Å². The average Bonchev–Trinajstić information content (AvgIpc) is 2.67. The van der Waals surface area contributed by atoms with Crippen LogP contribution in [-0.2, 0) is 14.3 Å². The van der Waals surface area contributed by atoms with E-state index in [4.69, 9.17) is 9.47 Å². The van der Waals surface area contributed by atoms with E-state index in [0.717, 1.165) is 12.8 Å². The largest absolute Gasteiger partial charge is 0.381 e. The molecule has 0 aromatic heterocycles. The lowest BCUT2D eigenvalue weighted by Gasteiger charge is -2.36. The Labute approximate surface area is 88.8 Å². The van der Waals surface area contributed by atoms with Gasteiger partial charge in [-0.25, -0.2) is 0 Å². The molecule has 2 rings (SSSR count). The van der Waals surface area contributed by atoms with Gasteiger partial charge in [0, 0.05) is 32.7 Å². The predicted molar refractivity (Wildman–Crippen MR) is 54.9 cm³/mol. The van der Waals surface area contributed by atoms with Crippen LogP contribution in [0.3, 0.4) is 0 Å². The normalized spacial score (nSPS) is 24.9. The van der Waals surface area contributed by atoms with Crippen LogP contribution in [0.15, 0.2) is 4.99 Å². The number of carbonyl (C=O) groups is 1. The van der Waals surface area contributed by atoms with Crippen LogP contribution >= 0.6 is 0 Å². The Morgan fingerprint density at radius 2 is 2.27 bits per heavy atom. The first kappa shape index (κ1) is 10.6. The summed E-state index contributed by atoms with van der Waals surface area (Å²) in [5.41, 5.74) is -0.417. The van der Waals surface area contributed by atoms with Crippen LogP contribution in [0, 0.1) is 0 Å². The van der Waals surface area contributed by atoms with Crippen LogP contribution < -0.4 is 5.32 Å². The Morgan fingerprint density at radius 1 is 1.53 bits per heavy atom. The van der Waals surface area contributed by atoms with Gasteiger partial charge in [-0.3, -0.25) is 9.79 Å². The average molecular weight is 212 g/mol. The molecule has 5 heteroatoms. The highest BCUT2D eigenvalue weighted by molar-refractivity contribution is 6.07. The smallest absolute Gasteiger partial charge is 0.247 e. The molecule has 0 unspecified atom stereocenters. The minimum absolute atomic E-state index is 0.0458. The second kappa shape index (κ2) is 4.28. The molecule has 1 fully saturated rings. The third kappa shape index (κ3) is 2.03. The van der Waals surface area contributed by atoms with Crippen molar-refractivity contribution in [2.45, 2.75) is 25.4 Å². The molecule has 1 N–H and O–H groups in total. The zero-order chi connectivity index (χ0) is 10.7. The maximum Gasteiger partial charge on any atom is 0.247 e. The number of amides is 1. The molecular weight excluding hydrogens is 196 g/mol. The van der Waals surface area contributed by atoms with E-state index in [-0.39, 0.29) is 12.5 Å². The summed E-state index contributed by atoms with van der Waals surface area (Å²) in [5.74, 6) is 0.646. The van der Waals surface area contributed by atoms with E-state index in [0.29, 0.717) is 25.7 Å². The molecular formula is C10H16N2O3. The fourth-order valence-electron chi connectivity index (χ4n) is 2.05. The second-order valence-corrected chi connectivity index (χ2v) is 3.75. The summed E-state index contributed by atoms with van der Waals surface area (Å²) in [6, 6.07) is 0. The quantitative estimate of drug-likeness (QED) is 0.721. The second-order valence-electron chi connectivity index (χ2n) is 3.75. The lowest BCUT2D eigenvalue weighted by Crippen LogP contribution is -2.51. The number of hydrogen-bond donors (Lipinski definition) is 1. The Morgan fingerprint density at radius 3 is 2.80 bits per heavy atom. The molecule has 2 heterocycles. The lowest BCUT2D eigenvalue weighted by atomic mass is 9.92. The van der Waals surface area contributed by atoms with Crippen molar-refractivity contribution in [3.8, 4) is 0 Å². The summed E-state index contributed by atoms with van der Waals surface area (Å²) in [5, 5.41) is 2.78. The molecule has 0 aromatic rings. The van der Waals surface area contributed by atoms with Crippen molar-refractivity contribution in [3.05, 3.63) is 0 Å². The van der Waals surface area contributed by atoms with Crippen LogP contribution in [0.5, 0.6) is 0 Å². The van der Waals surface area contributed by atoms with E-state index in [9.17, 15) is 4.79 Å². The molecule has 0 spiro atoms. The third-order valence-corrected chi connectivity index (χ3v) is 2.79. The number of aliphatic imine (C=N–C) groups is 1. The van der Waals surface area contributed by atoms with Crippen molar-refractivity contribution in [1.29, 1.82) is 0 Å². The Hall–Kier alpha value is -0.940. The fraction of sp³-hybridized carbons (Fsp3) is 0.800. The summed E-state index contributed by atoms with van der Waals surface area (Å²) in [6.45, 7) is 4.12. The lowest BCUT2D eigenvalue weighted by molar-refractivity contribution is -0.118. The molecule has 15 heavy (non-hydrogen) atoms. The third-order valence-electron chi connectivity index (χ3n) is 2.79. The van der Waals surface area contributed by atoms with E-state index in [2.05, 4.69) is 10.3 Å². The molecule has 1 amide bonds. The molecule has 1 saturated heterocycles. The van der Waals surface area contributed by atoms with Gasteiger partial charge < -0.3 is 14.8 Å². The summed E-state index contributed by atoms with van der Waals surface area (Å²) < 4.78 is 11.1. The Kier molecular flexibility index (Phi) is 3.02. The van der Waals surface area contributed by atoms with E-state index in [1.807, 2.05) is 6.92 Å². The van der Waals surface area contributed by atoms with Gasteiger partial charge in [0.1, 0.15) is 18.0 Å². The highest BCUT2D eigenvalue weighted by Crippen LogP contribution is 2.27. The van der Waals surface area contributed by atoms with Gasteiger partial charge in [0.15, 0.2) is 0 Å². The highest BCUT2D eigenvalue weighted by Gasteiger charge is 2.41. The molecule has 0 radical (unpaired) electrons. The van der Waals surface area contributed by atoms with Crippen molar-refractivity contribution in [2.75, 3.05) is 26.4 Å². The molecule has 2 aliphatic heterocycles. The molecule has 0 aromatic carbocycles. The Balaban J connectivity index is 2.14. The van der Waals surface area contributed by atoms with Gasteiger partial charge in [-0.1, -0.05) is 0 Å². The first-order valence-corrected chi connectivity index (χ1v) is 5.33. The molecule has 2 aliphatic rings. The maximum atomic E-state index is 11.1.